The molecule has 1 amide bonds. The number of carbonyl (C=O) groups is 1. The van der Waals surface area contributed by atoms with Crippen LogP contribution in [-0.2, 0) is 6.54 Å². The van der Waals surface area contributed by atoms with E-state index in [1.165, 1.54) is 12.8 Å². The van der Waals surface area contributed by atoms with Gasteiger partial charge in [0.25, 0.3) is 5.91 Å². The van der Waals surface area contributed by atoms with Gasteiger partial charge in [-0.05, 0) is 56.2 Å². The second kappa shape index (κ2) is 7.27. The van der Waals surface area contributed by atoms with Crippen molar-refractivity contribution >= 4 is 17.5 Å². The molecule has 2 aliphatic rings. The molecule has 0 spiro atoms. The molecule has 1 saturated heterocycles. The van der Waals surface area contributed by atoms with E-state index < -0.39 is 0 Å². The Morgan fingerprint density at radius 1 is 1.31 bits per heavy atom. The standard InChI is InChI=1S/C19H23ClN4O2/c1-26-17-10-14(20)7-8-15(17)19(25)24-9-3-2-4-16(24)18-22-21-12-23(18)11-13-5-6-13/h7-8,10,12-13,16H,2-6,9,11H2,1H3. The molecule has 0 radical (unpaired) electrons. The predicted octanol–water partition coefficient (Wildman–Crippen LogP) is 3.72. The quantitative estimate of drug-likeness (QED) is 0.800. The van der Waals surface area contributed by atoms with E-state index in [2.05, 4.69) is 14.8 Å². The number of hydrogen-bond donors (Lipinski definition) is 0. The van der Waals surface area contributed by atoms with Crippen molar-refractivity contribution in [3.05, 3.63) is 40.9 Å². The normalized spacial score (nSPS) is 20.2. The number of piperidine rings is 1. The molecule has 2 fully saturated rings. The van der Waals surface area contributed by atoms with Crippen molar-refractivity contribution in [1.82, 2.24) is 19.7 Å². The van der Waals surface area contributed by atoms with Gasteiger partial charge < -0.3 is 14.2 Å². The fourth-order valence-electron chi connectivity index (χ4n) is 3.68. The number of ether oxygens (including phenoxy) is 1. The van der Waals surface area contributed by atoms with Gasteiger partial charge in [-0.15, -0.1) is 10.2 Å². The van der Waals surface area contributed by atoms with Crippen molar-refractivity contribution in [2.24, 2.45) is 5.92 Å². The molecule has 1 aliphatic heterocycles. The van der Waals surface area contributed by atoms with Crippen LogP contribution in [0.3, 0.4) is 0 Å². The van der Waals surface area contributed by atoms with Gasteiger partial charge in [-0.3, -0.25) is 4.79 Å². The zero-order valence-electron chi connectivity index (χ0n) is 14.9. The monoisotopic (exact) mass is 374 g/mol. The maximum absolute atomic E-state index is 13.3. The van der Waals surface area contributed by atoms with E-state index in [0.29, 0.717) is 22.9 Å². The summed E-state index contributed by atoms with van der Waals surface area (Å²) in [6.07, 6.45) is 7.33. The Hall–Kier alpha value is -2.08. The Balaban J connectivity index is 1.63. The fourth-order valence-corrected chi connectivity index (χ4v) is 3.84. The number of rotatable bonds is 5. The molecule has 1 aliphatic carbocycles. The van der Waals surface area contributed by atoms with Crippen LogP contribution < -0.4 is 4.74 Å². The van der Waals surface area contributed by atoms with Crippen molar-refractivity contribution in [2.45, 2.75) is 44.7 Å². The second-order valence-electron chi connectivity index (χ2n) is 7.14. The van der Waals surface area contributed by atoms with Crippen LogP contribution in [0, 0.1) is 5.92 Å². The van der Waals surface area contributed by atoms with E-state index in [0.717, 1.165) is 37.5 Å². The summed E-state index contributed by atoms with van der Waals surface area (Å²) in [7, 11) is 1.56. The van der Waals surface area contributed by atoms with Crippen LogP contribution in [-0.4, -0.2) is 39.2 Å². The minimum absolute atomic E-state index is 0.0378. The minimum Gasteiger partial charge on any atom is -0.496 e. The van der Waals surface area contributed by atoms with Crippen LogP contribution in [0.15, 0.2) is 24.5 Å². The van der Waals surface area contributed by atoms with Gasteiger partial charge in [0, 0.05) is 18.1 Å². The molecule has 4 rings (SSSR count). The van der Waals surface area contributed by atoms with Gasteiger partial charge in [0.05, 0.1) is 18.7 Å². The first-order valence-electron chi connectivity index (χ1n) is 9.19. The number of nitrogens with zero attached hydrogens (tertiary/aromatic N) is 4. The third-order valence-corrected chi connectivity index (χ3v) is 5.49. The van der Waals surface area contributed by atoms with Crippen molar-refractivity contribution in [1.29, 1.82) is 0 Å². The molecule has 0 bridgehead atoms. The summed E-state index contributed by atoms with van der Waals surface area (Å²) < 4.78 is 7.52. The lowest BCUT2D eigenvalue weighted by Gasteiger charge is -2.35. The Morgan fingerprint density at radius 2 is 2.15 bits per heavy atom. The van der Waals surface area contributed by atoms with Gasteiger partial charge in [-0.2, -0.15) is 0 Å². The van der Waals surface area contributed by atoms with Gasteiger partial charge in [0.1, 0.15) is 12.1 Å². The zero-order valence-corrected chi connectivity index (χ0v) is 15.7. The highest BCUT2D eigenvalue weighted by atomic mass is 35.5. The minimum atomic E-state index is -0.0436. The predicted molar refractivity (Wildman–Crippen MR) is 98.4 cm³/mol. The van der Waals surface area contributed by atoms with E-state index in [1.807, 2.05) is 4.90 Å². The number of benzene rings is 1. The van der Waals surface area contributed by atoms with Gasteiger partial charge in [-0.25, -0.2) is 0 Å². The van der Waals surface area contributed by atoms with Crippen LogP contribution in [0.4, 0.5) is 0 Å². The first-order chi connectivity index (χ1) is 12.7. The highest BCUT2D eigenvalue weighted by Crippen LogP contribution is 2.35. The third-order valence-electron chi connectivity index (χ3n) is 5.25. The Bertz CT molecular complexity index is 803. The molecule has 2 heterocycles. The molecule has 1 aromatic carbocycles. The number of amides is 1. The Morgan fingerprint density at radius 3 is 2.92 bits per heavy atom. The lowest BCUT2D eigenvalue weighted by Crippen LogP contribution is -2.40. The number of hydrogen-bond acceptors (Lipinski definition) is 4. The molecule has 1 unspecified atom stereocenters. The molecular formula is C19H23ClN4O2. The average molecular weight is 375 g/mol. The highest BCUT2D eigenvalue weighted by Gasteiger charge is 2.34. The van der Waals surface area contributed by atoms with E-state index >= 15 is 0 Å². The van der Waals surface area contributed by atoms with Crippen LogP contribution in [0.1, 0.15) is 54.3 Å². The van der Waals surface area contributed by atoms with Gasteiger partial charge in [-0.1, -0.05) is 11.6 Å². The number of methoxy groups -OCH3 is 1. The summed E-state index contributed by atoms with van der Waals surface area (Å²) in [5.41, 5.74) is 0.539. The smallest absolute Gasteiger partial charge is 0.258 e. The van der Waals surface area contributed by atoms with E-state index in [1.54, 1.807) is 31.6 Å². The number of likely N-dealkylation sites (tertiary alicyclic amines) is 1. The van der Waals surface area contributed by atoms with E-state index in [4.69, 9.17) is 16.3 Å². The summed E-state index contributed by atoms with van der Waals surface area (Å²) in [6.45, 7) is 1.66. The van der Waals surface area contributed by atoms with Crippen LogP contribution in [0.5, 0.6) is 5.75 Å². The molecule has 138 valence electrons. The van der Waals surface area contributed by atoms with E-state index in [9.17, 15) is 4.79 Å². The fraction of sp³-hybridized carbons (Fsp3) is 0.526. The number of aromatic nitrogens is 3. The summed E-state index contributed by atoms with van der Waals surface area (Å²) in [5, 5.41) is 9.05. The Labute approximate surface area is 158 Å². The maximum atomic E-state index is 13.3. The molecule has 1 aromatic heterocycles. The highest BCUT2D eigenvalue weighted by molar-refractivity contribution is 6.30. The van der Waals surface area contributed by atoms with Crippen molar-refractivity contribution in [2.75, 3.05) is 13.7 Å². The molecule has 7 heteroatoms. The first-order valence-corrected chi connectivity index (χ1v) is 9.57. The van der Waals surface area contributed by atoms with Crippen molar-refractivity contribution in [3.8, 4) is 5.75 Å². The topological polar surface area (TPSA) is 60.2 Å². The SMILES string of the molecule is COc1cc(Cl)ccc1C(=O)N1CCCCC1c1nncn1CC1CC1. The zero-order chi connectivity index (χ0) is 18.1. The third kappa shape index (κ3) is 3.43. The van der Waals surface area contributed by atoms with Crippen LogP contribution in [0.2, 0.25) is 5.02 Å². The summed E-state index contributed by atoms with van der Waals surface area (Å²) in [6, 6.07) is 5.11. The summed E-state index contributed by atoms with van der Waals surface area (Å²) in [5.74, 6) is 2.10. The lowest BCUT2D eigenvalue weighted by molar-refractivity contribution is 0.0591. The summed E-state index contributed by atoms with van der Waals surface area (Å²) in [4.78, 5) is 15.2. The largest absolute Gasteiger partial charge is 0.496 e. The van der Waals surface area contributed by atoms with E-state index in [-0.39, 0.29) is 11.9 Å². The first kappa shape index (κ1) is 17.3. The van der Waals surface area contributed by atoms with Crippen molar-refractivity contribution in [3.63, 3.8) is 0 Å². The van der Waals surface area contributed by atoms with Crippen LogP contribution >= 0.6 is 11.6 Å². The number of carbonyl (C=O) groups excluding carboxylic acids is 1. The van der Waals surface area contributed by atoms with Crippen molar-refractivity contribution < 1.29 is 9.53 Å². The van der Waals surface area contributed by atoms with Gasteiger partial charge in [0.15, 0.2) is 5.82 Å². The molecular weight excluding hydrogens is 352 g/mol. The Kier molecular flexibility index (Phi) is 4.85. The second-order valence-corrected chi connectivity index (χ2v) is 7.58. The molecule has 26 heavy (non-hydrogen) atoms. The molecule has 6 nitrogen and oxygen atoms in total. The van der Waals surface area contributed by atoms with Gasteiger partial charge in [0.2, 0.25) is 0 Å². The molecule has 2 aromatic rings. The molecule has 1 atom stereocenters. The van der Waals surface area contributed by atoms with Gasteiger partial charge >= 0.3 is 0 Å². The summed E-state index contributed by atoms with van der Waals surface area (Å²) >= 11 is 6.04. The molecule has 1 saturated carbocycles. The van der Waals surface area contributed by atoms with Crippen LogP contribution in [0.25, 0.3) is 0 Å². The lowest BCUT2D eigenvalue weighted by atomic mass is 9.99. The average Bonchev–Trinajstić information content (AvgIpc) is 3.36. The molecule has 0 N–H and O–H groups in total. The number of halogens is 1. The maximum Gasteiger partial charge on any atom is 0.258 e.